The number of carbonyl (C=O) groups excluding carboxylic acids is 1. The number of ketones is 1. The zero-order chi connectivity index (χ0) is 10.0. The van der Waals surface area contributed by atoms with Crippen LogP contribution in [-0.2, 0) is 0 Å². The number of Topliss-reactive ketones (excluding diaryl/α,β-unsaturated/α-hetero) is 1. The van der Waals surface area contributed by atoms with Crippen molar-refractivity contribution in [2.75, 3.05) is 5.88 Å². The molecule has 0 bridgehead atoms. The molecule has 0 N–H and O–H groups in total. The van der Waals surface area contributed by atoms with Crippen molar-refractivity contribution in [3.63, 3.8) is 0 Å². The minimum Gasteiger partial charge on any atom is -0.293 e. The van der Waals surface area contributed by atoms with E-state index >= 15 is 0 Å². The van der Waals surface area contributed by atoms with E-state index in [2.05, 4.69) is 31.9 Å². The summed E-state index contributed by atoms with van der Waals surface area (Å²) in [5, 5.41) is 0.497. The normalized spacial score (nSPS) is 10.2. The Morgan fingerprint density at radius 2 is 2.00 bits per heavy atom. The first-order valence-corrected chi connectivity index (χ1v) is 5.80. The van der Waals surface area contributed by atoms with Crippen molar-refractivity contribution in [1.82, 2.24) is 0 Å². The molecule has 13 heavy (non-hydrogen) atoms. The van der Waals surface area contributed by atoms with E-state index in [4.69, 9.17) is 23.2 Å². The van der Waals surface area contributed by atoms with Gasteiger partial charge in [0.25, 0.3) is 0 Å². The lowest BCUT2D eigenvalue weighted by atomic mass is 10.1. The highest BCUT2D eigenvalue weighted by atomic mass is 79.9. The highest BCUT2D eigenvalue weighted by Crippen LogP contribution is 2.32. The summed E-state index contributed by atoms with van der Waals surface area (Å²) in [6.07, 6.45) is 0. The van der Waals surface area contributed by atoms with Gasteiger partial charge < -0.3 is 0 Å². The fourth-order valence-corrected chi connectivity index (χ4v) is 2.53. The zero-order valence-electron chi connectivity index (χ0n) is 6.28. The third-order valence-electron chi connectivity index (χ3n) is 1.44. The second-order valence-electron chi connectivity index (χ2n) is 2.27. The summed E-state index contributed by atoms with van der Waals surface area (Å²) < 4.78 is 1.27. The van der Waals surface area contributed by atoms with E-state index in [9.17, 15) is 4.79 Å². The SMILES string of the molecule is O=C(CCl)c1c(Br)ccc(Cl)c1Br. The topological polar surface area (TPSA) is 17.1 Å². The van der Waals surface area contributed by atoms with E-state index in [1.165, 1.54) is 0 Å². The molecule has 0 aliphatic rings. The van der Waals surface area contributed by atoms with Crippen LogP contribution in [0.25, 0.3) is 0 Å². The maximum absolute atomic E-state index is 11.4. The van der Waals surface area contributed by atoms with Crippen LogP contribution in [0.5, 0.6) is 0 Å². The molecule has 0 heterocycles. The van der Waals surface area contributed by atoms with E-state index in [0.717, 1.165) is 0 Å². The van der Waals surface area contributed by atoms with Crippen molar-refractivity contribution < 1.29 is 4.79 Å². The van der Waals surface area contributed by atoms with Gasteiger partial charge in [0.05, 0.1) is 10.9 Å². The molecule has 1 nitrogen and oxygen atoms in total. The molecule has 1 rings (SSSR count). The van der Waals surface area contributed by atoms with Crippen LogP contribution in [0.3, 0.4) is 0 Å². The molecule has 0 fully saturated rings. The lowest BCUT2D eigenvalue weighted by Crippen LogP contribution is -2.02. The van der Waals surface area contributed by atoms with Gasteiger partial charge in [0, 0.05) is 14.5 Å². The Morgan fingerprint density at radius 1 is 1.38 bits per heavy atom. The second kappa shape index (κ2) is 4.78. The molecule has 0 atom stereocenters. The Balaban J connectivity index is 3.33. The Bertz CT molecular complexity index is 352. The summed E-state index contributed by atoms with van der Waals surface area (Å²) in [4.78, 5) is 11.4. The van der Waals surface area contributed by atoms with Gasteiger partial charge >= 0.3 is 0 Å². The van der Waals surface area contributed by atoms with Crippen LogP contribution in [0, 0.1) is 0 Å². The lowest BCUT2D eigenvalue weighted by molar-refractivity contribution is 0.101. The summed E-state index contributed by atoms with van der Waals surface area (Å²) in [6.45, 7) is 0. The minimum absolute atomic E-state index is 0.0580. The summed E-state index contributed by atoms with van der Waals surface area (Å²) in [5.74, 6) is -0.222. The van der Waals surface area contributed by atoms with Crippen molar-refractivity contribution in [2.45, 2.75) is 0 Å². The Morgan fingerprint density at radius 3 is 2.54 bits per heavy atom. The maximum atomic E-state index is 11.4. The highest BCUT2D eigenvalue weighted by Gasteiger charge is 2.15. The molecule has 0 aliphatic heterocycles. The fraction of sp³-hybridized carbons (Fsp3) is 0.125. The number of rotatable bonds is 2. The van der Waals surface area contributed by atoms with E-state index in [1.54, 1.807) is 12.1 Å². The van der Waals surface area contributed by atoms with Gasteiger partial charge in [-0.05, 0) is 28.1 Å². The van der Waals surface area contributed by atoms with Crippen LogP contribution < -0.4 is 0 Å². The lowest BCUT2D eigenvalue weighted by Gasteiger charge is -2.05. The summed E-state index contributed by atoms with van der Waals surface area (Å²) in [6, 6.07) is 3.41. The largest absolute Gasteiger partial charge is 0.293 e. The van der Waals surface area contributed by atoms with Crippen molar-refractivity contribution >= 4 is 60.8 Å². The molecule has 0 radical (unpaired) electrons. The van der Waals surface area contributed by atoms with E-state index < -0.39 is 0 Å². The first-order chi connectivity index (χ1) is 6.07. The Hall–Kier alpha value is 0.430. The summed E-state index contributed by atoms with van der Waals surface area (Å²) >= 11 is 17.8. The molecule has 0 amide bonds. The third-order valence-corrected chi connectivity index (χ3v) is 3.71. The number of benzene rings is 1. The van der Waals surface area contributed by atoms with Crippen LogP contribution in [0.15, 0.2) is 21.1 Å². The van der Waals surface area contributed by atoms with Crippen LogP contribution in [0.2, 0.25) is 5.02 Å². The van der Waals surface area contributed by atoms with Gasteiger partial charge in [-0.15, -0.1) is 11.6 Å². The number of carbonyl (C=O) groups is 1. The average molecular weight is 347 g/mol. The van der Waals surface area contributed by atoms with Gasteiger partial charge in [-0.2, -0.15) is 0 Å². The number of hydrogen-bond donors (Lipinski definition) is 0. The van der Waals surface area contributed by atoms with Crippen molar-refractivity contribution in [1.29, 1.82) is 0 Å². The molecule has 0 aromatic heterocycles. The average Bonchev–Trinajstić information content (AvgIpc) is 2.12. The van der Waals surface area contributed by atoms with Gasteiger partial charge in [-0.1, -0.05) is 27.5 Å². The van der Waals surface area contributed by atoms with Crippen molar-refractivity contribution in [2.24, 2.45) is 0 Å². The number of halogens is 4. The summed E-state index contributed by atoms with van der Waals surface area (Å²) in [5.41, 5.74) is 0.488. The minimum atomic E-state index is -0.164. The third kappa shape index (κ3) is 2.46. The van der Waals surface area contributed by atoms with E-state index in [1.807, 2.05) is 0 Å². The van der Waals surface area contributed by atoms with E-state index in [0.29, 0.717) is 19.5 Å². The van der Waals surface area contributed by atoms with Crippen molar-refractivity contribution in [3.05, 3.63) is 31.7 Å². The molecule has 1 aromatic rings. The molecule has 0 saturated carbocycles. The van der Waals surface area contributed by atoms with Crippen molar-refractivity contribution in [3.8, 4) is 0 Å². The van der Waals surface area contributed by atoms with Gasteiger partial charge in [0.2, 0.25) is 0 Å². The number of hydrogen-bond acceptors (Lipinski definition) is 1. The smallest absolute Gasteiger partial charge is 0.179 e. The molecule has 0 aliphatic carbocycles. The van der Waals surface area contributed by atoms with Gasteiger partial charge in [0.1, 0.15) is 0 Å². The molecule has 5 heteroatoms. The standard InChI is InChI=1S/C8H4Br2Cl2O/c9-4-1-2-5(12)8(10)7(4)6(13)3-11/h1-2H,3H2. The van der Waals surface area contributed by atoms with Gasteiger partial charge in [-0.3, -0.25) is 4.79 Å². The van der Waals surface area contributed by atoms with Crippen LogP contribution >= 0.6 is 55.1 Å². The molecular formula is C8H4Br2Cl2O. The maximum Gasteiger partial charge on any atom is 0.179 e. The van der Waals surface area contributed by atoms with Gasteiger partial charge in [0.15, 0.2) is 5.78 Å². The van der Waals surface area contributed by atoms with Crippen LogP contribution in [0.4, 0.5) is 0 Å². The molecule has 0 spiro atoms. The fourth-order valence-electron chi connectivity index (χ4n) is 0.849. The zero-order valence-corrected chi connectivity index (χ0v) is 11.0. The monoisotopic (exact) mass is 344 g/mol. The molecule has 1 aromatic carbocycles. The van der Waals surface area contributed by atoms with Crippen LogP contribution in [0.1, 0.15) is 10.4 Å². The van der Waals surface area contributed by atoms with Crippen LogP contribution in [-0.4, -0.2) is 11.7 Å². The molecular weight excluding hydrogens is 343 g/mol. The summed E-state index contributed by atoms with van der Waals surface area (Å²) in [7, 11) is 0. The first-order valence-electron chi connectivity index (χ1n) is 3.30. The van der Waals surface area contributed by atoms with E-state index in [-0.39, 0.29) is 11.7 Å². The van der Waals surface area contributed by atoms with Gasteiger partial charge in [-0.25, -0.2) is 0 Å². The predicted octanol–water partition coefficient (Wildman–Crippen LogP) is 4.29. The Labute approximate surface area is 103 Å². The first kappa shape index (κ1) is 11.5. The Kier molecular flexibility index (Phi) is 4.23. The second-order valence-corrected chi connectivity index (χ2v) is 4.60. The number of alkyl halides is 1. The predicted molar refractivity (Wildman–Crippen MR) is 61.9 cm³/mol. The highest BCUT2D eigenvalue weighted by molar-refractivity contribution is 9.11. The molecule has 70 valence electrons. The molecule has 0 unspecified atom stereocenters. The quantitative estimate of drug-likeness (QED) is 0.443. The molecule has 0 saturated heterocycles.